The fraction of sp³-hybridized carbons (Fsp3) is 0.143. The molecule has 102 valence electrons. The van der Waals surface area contributed by atoms with Gasteiger partial charge in [-0.05, 0) is 30.2 Å². The maximum Gasteiger partial charge on any atom is 0.182 e. The number of rotatable bonds is 4. The minimum atomic E-state index is -3.36. The molecule has 0 fully saturated rings. The van der Waals surface area contributed by atoms with Crippen LogP contribution in [0.15, 0.2) is 58.5 Å². The molecule has 0 heterocycles. The molecule has 0 aliphatic carbocycles. The molecule has 0 unspecified atom stereocenters. The van der Waals surface area contributed by atoms with Crippen molar-refractivity contribution in [1.82, 2.24) is 0 Å². The van der Waals surface area contributed by atoms with E-state index < -0.39 is 9.84 Å². The Kier molecular flexibility index (Phi) is 4.08. The average molecular weight is 287 g/mol. The van der Waals surface area contributed by atoms with Gasteiger partial charge in [-0.1, -0.05) is 47.1 Å². The van der Waals surface area contributed by atoms with Crippen molar-refractivity contribution in [3.63, 3.8) is 0 Å². The van der Waals surface area contributed by atoms with E-state index in [1.165, 1.54) is 0 Å². The summed E-state index contributed by atoms with van der Waals surface area (Å²) in [6, 6.07) is 13.3. The summed E-state index contributed by atoms with van der Waals surface area (Å²) in [4.78, 5) is 2.98. The third kappa shape index (κ3) is 3.38. The molecule has 6 heteroatoms. The van der Waals surface area contributed by atoms with Crippen molar-refractivity contribution in [3.8, 4) is 0 Å². The van der Waals surface area contributed by atoms with E-state index in [0.29, 0.717) is 16.1 Å². The van der Waals surface area contributed by atoms with E-state index in [1.807, 2.05) is 6.92 Å². The third-order valence-electron chi connectivity index (χ3n) is 2.83. The van der Waals surface area contributed by atoms with Crippen molar-refractivity contribution >= 4 is 15.5 Å². The topological polar surface area (TPSA) is 82.9 Å². The molecule has 0 saturated carbocycles. The Bertz CT molecular complexity index is 744. The molecule has 0 aromatic heterocycles. The maximum atomic E-state index is 12.2. The van der Waals surface area contributed by atoms with Crippen LogP contribution in [0.1, 0.15) is 11.1 Å². The maximum absolute atomic E-state index is 12.2. The van der Waals surface area contributed by atoms with E-state index >= 15 is 0 Å². The Morgan fingerprint density at radius 3 is 2.20 bits per heavy atom. The monoisotopic (exact) mass is 287 g/mol. The molecule has 2 aromatic rings. The van der Waals surface area contributed by atoms with Gasteiger partial charge in [0.15, 0.2) is 9.84 Å². The highest BCUT2D eigenvalue weighted by atomic mass is 32.2. The second-order valence-electron chi connectivity index (χ2n) is 4.43. The Hall–Kier alpha value is -2.30. The van der Waals surface area contributed by atoms with Crippen molar-refractivity contribution < 1.29 is 8.42 Å². The zero-order valence-electron chi connectivity index (χ0n) is 10.9. The highest BCUT2D eigenvalue weighted by molar-refractivity contribution is 7.90. The Labute approximate surface area is 117 Å². The van der Waals surface area contributed by atoms with Crippen LogP contribution in [0.25, 0.3) is 10.4 Å². The first-order valence-electron chi connectivity index (χ1n) is 5.95. The highest BCUT2D eigenvalue weighted by Crippen LogP contribution is 2.19. The van der Waals surface area contributed by atoms with Gasteiger partial charge in [0.25, 0.3) is 0 Å². The van der Waals surface area contributed by atoms with Crippen LogP contribution in [0.4, 0.5) is 5.69 Å². The molecule has 2 aromatic carbocycles. The van der Waals surface area contributed by atoms with Crippen molar-refractivity contribution in [3.05, 3.63) is 70.1 Å². The van der Waals surface area contributed by atoms with E-state index in [9.17, 15) is 8.42 Å². The first-order valence-corrected chi connectivity index (χ1v) is 7.60. The van der Waals surface area contributed by atoms with E-state index in [1.54, 1.807) is 48.5 Å². The van der Waals surface area contributed by atoms with Crippen molar-refractivity contribution in [2.24, 2.45) is 5.11 Å². The second-order valence-corrected chi connectivity index (χ2v) is 6.42. The normalized spacial score (nSPS) is 10.8. The van der Waals surface area contributed by atoms with Crippen molar-refractivity contribution in [1.29, 1.82) is 0 Å². The smallest absolute Gasteiger partial charge is 0.182 e. The zero-order chi connectivity index (χ0) is 14.6. The lowest BCUT2D eigenvalue weighted by atomic mass is 10.2. The molecular weight excluding hydrogens is 274 g/mol. The number of sulfone groups is 1. The van der Waals surface area contributed by atoms with Crippen LogP contribution in [0.5, 0.6) is 0 Å². The lowest BCUT2D eigenvalue weighted by Gasteiger charge is -2.05. The molecule has 0 radical (unpaired) electrons. The minimum absolute atomic E-state index is 0.0768. The molecule has 5 nitrogen and oxygen atoms in total. The predicted molar refractivity (Wildman–Crippen MR) is 77.3 cm³/mol. The Balaban J connectivity index is 2.23. The van der Waals surface area contributed by atoms with Gasteiger partial charge in [0, 0.05) is 10.6 Å². The second kappa shape index (κ2) is 5.77. The van der Waals surface area contributed by atoms with E-state index in [-0.39, 0.29) is 5.75 Å². The van der Waals surface area contributed by atoms with E-state index in [2.05, 4.69) is 10.0 Å². The molecule has 0 atom stereocenters. The molecule has 0 N–H and O–H groups in total. The summed E-state index contributed by atoms with van der Waals surface area (Å²) in [6.45, 7) is 1.91. The molecule has 0 saturated heterocycles. The third-order valence-corrected chi connectivity index (χ3v) is 4.54. The molecule has 0 amide bonds. The summed E-state index contributed by atoms with van der Waals surface area (Å²) in [5.41, 5.74) is 10.4. The number of hydrogen-bond acceptors (Lipinski definition) is 3. The lowest BCUT2D eigenvalue weighted by molar-refractivity contribution is 0.595. The molecule has 2 rings (SSSR count). The molecule has 0 bridgehead atoms. The van der Waals surface area contributed by atoms with Crippen LogP contribution in [-0.4, -0.2) is 8.42 Å². The molecule has 0 spiro atoms. The number of aryl methyl sites for hydroxylation is 1. The summed E-state index contributed by atoms with van der Waals surface area (Å²) >= 11 is 0. The van der Waals surface area contributed by atoms with Gasteiger partial charge in [-0.3, -0.25) is 0 Å². The van der Waals surface area contributed by atoms with Gasteiger partial charge >= 0.3 is 0 Å². The van der Waals surface area contributed by atoms with Gasteiger partial charge in [0.1, 0.15) is 0 Å². The largest absolute Gasteiger partial charge is 0.223 e. The quantitative estimate of drug-likeness (QED) is 0.485. The summed E-state index contributed by atoms with van der Waals surface area (Å²) < 4.78 is 24.5. The molecule has 0 aliphatic rings. The van der Waals surface area contributed by atoms with Crippen molar-refractivity contribution in [2.75, 3.05) is 0 Å². The van der Waals surface area contributed by atoms with E-state index in [4.69, 9.17) is 5.53 Å². The van der Waals surface area contributed by atoms with Crippen LogP contribution in [0, 0.1) is 6.92 Å². The zero-order valence-corrected chi connectivity index (χ0v) is 11.7. The average Bonchev–Trinajstić information content (AvgIpc) is 2.41. The molecule has 0 aliphatic heterocycles. The van der Waals surface area contributed by atoms with Gasteiger partial charge in [-0.2, -0.15) is 0 Å². The summed E-state index contributed by atoms with van der Waals surface area (Å²) in [6.07, 6.45) is 0. The van der Waals surface area contributed by atoms with Crippen LogP contribution >= 0.6 is 0 Å². The first-order chi connectivity index (χ1) is 9.51. The van der Waals surface area contributed by atoms with Gasteiger partial charge in [-0.15, -0.1) is 0 Å². The van der Waals surface area contributed by atoms with Gasteiger partial charge in [0.2, 0.25) is 0 Å². The highest BCUT2D eigenvalue weighted by Gasteiger charge is 2.14. The molecular formula is C14H13N3O2S. The first kappa shape index (κ1) is 14.1. The standard InChI is InChI=1S/C14H13N3O2S/c1-11-2-8-14(9-3-11)20(18,19)10-12-4-6-13(7-5-12)16-17-15/h2-9H,10H2,1H3. The molecule has 20 heavy (non-hydrogen) atoms. The lowest BCUT2D eigenvalue weighted by Crippen LogP contribution is -2.04. The van der Waals surface area contributed by atoms with Gasteiger partial charge < -0.3 is 0 Å². The number of nitrogens with zero attached hydrogens (tertiary/aromatic N) is 3. The number of azide groups is 1. The summed E-state index contributed by atoms with van der Waals surface area (Å²) in [5, 5.41) is 3.44. The van der Waals surface area contributed by atoms with Crippen LogP contribution in [-0.2, 0) is 15.6 Å². The fourth-order valence-electron chi connectivity index (χ4n) is 1.76. The van der Waals surface area contributed by atoms with Gasteiger partial charge in [-0.25, -0.2) is 8.42 Å². The van der Waals surface area contributed by atoms with Crippen LogP contribution < -0.4 is 0 Å². The van der Waals surface area contributed by atoms with Crippen LogP contribution in [0.2, 0.25) is 0 Å². The Morgan fingerprint density at radius 2 is 1.65 bits per heavy atom. The minimum Gasteiger partial charge on any atom is -0.223 e. The summed E-state index contributed by atoms with van der Waals surface area (Å²) in [5.74, 6) is -0.0768. The SMILES string of the molecule is Cc1ccc(S(=O)(=O)Cc2ccc(N=[N+]=[N-])cc2)cc1. The van der Waals surface area contributed by atoms with E-state index in [0.717, 1.165) is 5.56 Å². The van der Waals surface area contributed by atoms with Crippen molar-refractivity contribution in [2.45, 2.75) is 17.6 Å². The van der Waals surface area contributed by atoms with Crippen LogP contribution in [0.3, 0.4) is 0 Å². The van der Waals surface area contributed by atoms with Gasteiger partial charge in [0.05, 0.1) is 10.6 Å². The number of hydrogen-bond donors (Lipinski definition) is 0. The fourth-order valence-corrected chi connectivity index (χ4v) is 3.11. The Morgan fingerprint density at radius 1 is 1.05 bits per heavy atom. The summed E-state index contributed by atoms with van der Waals surface area (Å²) in [7, 11) is -3.36. The number of benzene rings is 2. The predicted octanol–water partition coefficient (Wildman–Crippen LogP) is 3.91.